The molecule has 106 valence electrons. The summed E-state index contributed by atoms with van der Waals surface area (Å²) in [4.78, 5) is 22.8. The number of hydrogen-bond donors (Lipinski definition) is 2. The van der Waals surface area contributed by atoms with Crippen LogP contribution < -0.4 is 0 Å². The molecule has 0 spiro atoms. The van der Waals surface area contributed by atoms with E-state index in [0.29, 0.717) is 26.2 Å². The first-order valence-electron chi connectivity index (χ1n) is 6.19. The third-order valence-corrected chi connectivity index (χ3v) is 2.35. The Morgan fingerprint density at radius 3 is 1.94 bits per heavy atom. The predicted octanol–water partition coefficient (Wildman–Crippen LogP) is 1.05. The second kappa shape index (κ2) is 9.85. The minimum atomic E-state index is -0.867. The van der Waals surface area contributed by atoms with E-state index < -0.39 is 11.9 Å². The summed E-state index contributed by atoms with van der Waals surface area (Å²) >= 11 is 0. The Morgan fingerprint density at radius 2 is 1.56 bits per heavy atom. The molecule has 0 radical (unpaired) electrons. The fraction of sp³-hybridized carbons (Fsp3) is 0.833. The van der Waals surface area contributed by atoms with E-state index in [1.807, 2.05) is 18.7 Å². The smallest absolute Gasteiger partial charge is 0.304 e. The lowest BCUT2D eigenvalue weighted by Gasteiger charge is -2.20. The van der Waals surface area contributed by atoms with E-state index >= 15 is 0 Å². The van der Waals surface area contributed by atoms with Gasteiger partial charge in [-0.1, -0.05) is 0 Å². The van der Waals surface area contributed by atoms with Crippen molar-refractivity contribution in [3.63, 3.8) is 0 Å². The maximum atomic E-state index is 10.5. The number of carboxylic acids is 2. The highest BCUT2D eigenvalue weighted by atomic mass is 16.5. The van der Waals surface area contributed by atoms with Gasteiger partial charge in [-0.2, -0.15) is 0 Å². The summed E-state index contributed by atoms with van der Waals surface area (Å²) < 4.78 is 5.38. The molecule has 0 atom stereocenters. The molecule has 0 rings (SSSR count). The molecule has 0 aromatic heterocycles. The van der Waals surface area contributed by atoms with Crippen LogP contribution in [0, 0.1) is 0 Å². The molecule has 0 unspecified atom stereocenters. The van der Waals surface area contributed by atoms with E-state index in [-0.39, 0.29) is 18.9 Å². The van der Waals surface area contributed by atoms with Gasteiger partial charge in [-0.25, -0.2) is 0 Å². The molecule has 0 saturated heterocycles. The molecule has 0 bridgehead atoms. The van der Waals surface area contributed by atoms with Gasteiger partial charge in [-0.3, -0.25) is 9.59 Å². The average molecular weight is 261 g/mol. The van der Waals surface area contributed by atoms with Crippen LogP contribution in [0.4, 0.5) is 0 Å². The second-order valence-electron chi connectivity index (χ2n) is 4.40. The van der Waals surface area contributed by atoms with Crippen molar-refractivity contribution < 1.29 is 24.5 Å². The van der Waals surface area contributed by atoms with E-state index in [2.05, 4.69) is 0 Å². The van der Waals surface area contributed by atoms with Crippen LogP contribution in [-0.4, -0.2) is 59.4 Å². The molecule has 0 heterocycles. The Labute approximate surface area is 108 Å². The zero-order valence-corrected chi connectivity index (χ0v) is 11.1. The molecule has 2 N–H and O–H groups in total. The minimum Gasteiger partial charge on any atom is -0.481 e. The van der Waals surface area contributed by atoms with E-state index in [9.17, 15) is 9.59 Å². The van der Waals surface area contributed by atoms with Crippen molar-refractivity contribution >= 4 is 11.9 Å². The van der Waals surface area contributed by atoms with Crippen LogP contribution in [0.3, 0.4) is 0 Å². The quantitative estimate of drug-likeness (QED) is 0.541. The van der Waals surface area contributed by atoms with Gasteiger partial charge in [0.15, 0.2) is 0 Å². The van der Waals surface area contributed by atoms with E-state index in [0.717, 1.165) is 6.42 Å². The summed E-state index contributed by atoms with van der Waals surface area (Å²) in [6.07, 6.45) is 1.02. The highest BCUT2D eigenvalue weighted by Crippen LogP contribution is 1.99. The van der Waals surface area contributed by atoms with Gasteiger partial charge < -0.3 is 19.8 Å². The lowest BCUT2D eigenvalue weighted by molar-refractivity contribution is -0.137. The Morgan fingerprint density at radius 1 is 1.06 bits per heavy atom. The fourth-order valence-electron chi connectivity index (χ4n) is 1.45. The molecule has 6 nitrogen and oxygen atoms in total. The molecular formula is C12H23NO5. The first-order valence-corrected chi connectivity index (χ1v) is 6.19. The Bertz CT molecular complexity index is 237. The van der Waals surface area contributed by atoms with Crippen molar-refractivity contribution in [1.82, 2.24) is 4.90 Å². The molecule has 18 heavy (non-hydrogen) atoms. The number of ether oxygens (including phenoxy) is 1. The lowest BCUT2D eigenvalue weighted by atomic mass is 10.3. The summed E-state index contributed by atoms with van der Waals surface area (Å²) in [5.41, 5.74) is 0. The van der Waals surface area contributed by atoms with Gasteiger partial charge in [0.05, 0.1) is 18.9 Å². The zero-order chi connectivity index (χ0) is 14.0. The molecule has 0 aliphatic rings. The highest BCUT2D eigenvalue weighted by molar-refractivity contribution is 5.67. The summed E-state index contributed by atoms with van der Waals surface area (Å²) in [5, 5.41) is 17.2. The summed E-state index contributed by atoms with van der Waals surface area (Å²) in [6.45, 7) is 5.93. The molecule has 0 aliphatic carbocycles. The largest absolute Gasteiger partial charge is 0.481 e. The van der Waals surface area contributed by atoms with Crippen LogP contribution in [0.1, 0.15) is 33.1 Å². The normalized spacial score (nSPS) is 11.1. The molecular weight excluding hydrogens is 238 g/mol. The van der Waals surface area contributed by atoms with Crippen molar-refractivity contribution in [3.8, 4) is 0 Å². The maximum absolute atomic E-state index is 10.5. The summed E-state index contributed by atoms with van der Waals surface area (Å²) in [5.74, 6) is -1.73. The molecule has 0 aromatic rings. The fourth-order valence-corrected chi connectivity index (χ4v) is 1.45. The van der Waals surface area contributed by atoms with Crippen molar-refractivity contribution in [1.29, 1.82) is 0 Å². The third kappa shape index (κ3) is 11.3. The van der Waals surface area contributed by atoms with Crippen LogP contribution >= 0.6 is 0 Å². The van der Waals surface area contributed by atoms with E-state index in [1.165, 1.54) is 0 Å². The van der Waals surface area contributed by atoms with Gasteiger partial charge in [0, 0.05) is 26.2 Å². The Kier molecular flexibility index (Phi) is 9.22. The van der Waals surface area contributed by atoms with Crippen LogP contribution in [0.5, 0.6) is 0 Å². The second-order valence-corrected chi connectivity index (χ2v) is 4.40. The van der Waals surface area contributed by atoms with Crippen LogP contribution in [0.2, 0.25) is 0 Å². The predicted molar refractivity (Wildman–Crippen MR) is 66.7 cm³/mol. The van der Waals surface area contributed by atoms with E-state index in [1.54, 1.807) is 0 Å². The molecule has 0 aromatic carbocycles. The standard InChI is InChI=1S/C12H23NO5/c1-10(2)18-9-3-6-13(7-4-11(14)15)8-5-12(16)17/h10H,3-9H2,1-2H3,(H,14,15)(H,16,17). The van der Waals surface area contributed by atoms with Crippen molar-refractivity contribution in [2.24, 2.45) is 0 Å². The SMILES string of the molecule is CC(C)OCCCN(CCC(=O)O)CCC(=O)O. The van der Waals surface area contributed by atoms with Crippen molar-refractivity contribution in [3.05, 3.63) is 0 Å². The topological polar surface area (TPSA) is 87.1 Å². The third-order valence-electron chi connectivity index (χ3n) is 2.35. The highest BCUT2D eigenvalue weighted by Gasteiger charge is 2.09. The summed E-state index contributed by atoms with van der Waals surface area (Å²) in [6, 6.07) is 0. The number of rotatable bonds is 11. The van der Waals surface area contributed by atoms with Gasteiger partial charge in [-0.05, 0) is 20.3 Å². The lowest BCUT2D eigenvalue weighted by Crippen LogP contribution is -2.30. The minimum absolute atomic E-state index is 0.0324. The Hall–Kier alpha value is -1.14. The van der Waals surface area contributed by atoms with Gasteiger partial charge in [0.25, 0.3) is 0 Å². The molecule has 6 heteroatoms. The summed E-state index contributed by atoms with van der Waals surface area (Å²) in [7, 11) is 0. The molecule has 0 aliphatic heterocycles. The van der Waals surface area contributed by atoms with Gasteiger partial charge in [-0.15, -0.1) is 0 Å². The van der Waals surface area contributed by atoms with Gasteiger partial charge in [0.1, 0.15) is 0 Å². The first kappa shape index (κ1) is 16.9. The van der Waals surface area contributed by atoms with Crippen molar-refractivity contribution in [2.75, 3.05) is 26.2 Å². The van der Waals surface area contributed by atoms with Crippen LogP contribution in [-0.2, 0) is 14.3 Å². The first-order chi connectivity index (χ1) is 8.41. The molecule has 0 amide bonds. The number of carboxylic acid groups (broad SMARTS) is 2. The zero-order valence-electron chi connectivity index (χ0n) is 11.1. The molecule has 0 fully saturated rings. The van der Waals surface area contributed by atoms with Gasteiger partial charge >= 0.3 is 11.9 Å². The number of hydrogen-bond acceptors (Lipinski definition) is 4. The van der Waals surface area contributed by atoms with Crippen LogP contribution in [0.25, 0.3) is 0 Å². The van der Waals surface area contributed by atoms with Crippen LogP contribution in [0.15, 0.2) is 0 Å². The van der Waals surface area contributed by atoms with Crippen molar-refractivity contribution in [2.45, 2.75) is 39.2 Å². The number of aliphatic carboxylic acids is 2. The van der Waals surface area contributed by atoms with E-state index in [4.69, 9.17) is 14.9 Å². The number of nitrogens with zero attached hydrogens (tertiary/aromatic N) is 1. The Balaban J connectivity index is 3.87. The monoisotopic (exact) mass is 261 g/mol. The number of carbonyl (C=O) groups is 2. The maximum Gasteiger partial charge on any atom is 0.304 e. The van der Waals surface area contributed by atoms with Gasteiger partial charge in [0.2, 0.25) is 0 Å². The average Bonchev–Trinajstić information content (AvgIpc) is 2.25. The molecule has 0 saturated carbocycles.